The number of aromatic hydroxyl groups is 3. The van der Waals surface area contributed by atoms with E-state index in [0.717, 1.165) is 18.4 Å². The van der Waals surface area contributed by atoms with Gasteiger partial charge in [-0.25, -0.2) is 0 Å². The van der Waals surface area contributed by atoms with Crippen molar-refractivity contribution in [1.29, 1.82) is 0 Å². The van der Waals surface area contributed by atoms with Gasteiger partial charge in [0.1, 0.15) is 22.8 Å². The van der Waals surface area contributed by atoms with E-state index >= 15 is 0 Å². The molecule has 2 aromatic carbocycles. The molecular formula is C27H32O8. The maximum absolute atomic E-state index is 13.1. The van der Waals surface area contributed by atoms with E-state index in [0.29, 0.717) is 5.56 Å². The van der Waals surface area contributed by atoms with E-state index in [1.807, 2.05) is 26.8 Å². The van der Waals surface area contributed by atoms with Gasteiger partial charge >= 0.3 is 0 Å². The van der Waals surface area contributed by atoms with Crippen molar-refractivity contribution in [2.75, 3.05) is 14.2 Å². The van der Waals surface area contributed by atoms with E-state index in [-0.39, 0.29) is 46.3 Å². The van der Waals surface area contributed by atoms with Crippen molar-refractivity contribution in [2.24, 2.45) is 0 Å². The number of aliphatic hydroxyl groups is 1. The molecule has 1 aliphatic rings. The van der Waals surface area contributed by atoms with Gasteiger partial charge in [0.15, 0.2) is 23.7 Å². The van der Waals surface area contributed by atoms with Crippen molar-refractivity contribution in [3.63, 3.8) is 0 Å². The Bertz CT molecular complexity index is 1150. The number of carbonyl (C=O) groups is 1. The van der Waals surface area contributed by atoms with Crippen molar-refractivity contribution in [3.8, 4) is 34.5 Å². The number of hydrogen-bond donors (Lipinski definition) is 4. The summed E-state index contributed by atoms with van der Waals surface area (Å²) in [5, 5.41) is 42.4. The normalized spacial score (nSPS) is 17.4. The standard InChI is InChI=1S/C27H32O8/c1-14(2)7-6-8-15(3)9-10-17-18(28)13-19-22(23(17)29)25(31)26(32)27(35-19)16-11-20(33-4)24(30)21(12-16)34-5/h7,9,11-13,26-30,32H,6,8,10H2,1-5H3/b15-9+. The monoisotopic (exact) mass is 484 g/mol. The summed E-state index contributed by atoms with van der Waals surface area (Å²) in [7, 11) is 2.71. The fourth-order valence-electron chi connectivity index (χ4n) is 3.99. The Kier molecular flexibility index (Phi) is 7.96. The Labute approximate surface area is 204 Å². The number of ether oxygens (including phenoxy) is 3. The number of phenols is 3. The molecule has 3 rings (SSSR count). The van der Waals surface area contributed by atoms with Gasteiger partial charge in [0.05, 0.1) is 14.2 Å². The van der Waals surface area contributed by atoms with Crippen molar-refractivity contribution in [2.45, 2.75) is 52.2 Å². The summed E-state index contributed by atoms with van der Waals surface area (Å²) >= 11 is 0. The average molecular weight is 485 g/mol. The number of Topliss-reactive ketones (excluding diaryl/α,β-unsaturated/α-hetero) is 1. The van der Waals surface area contributed by atoms with E-state index in [2.05, 4.69) is 6.08 Å². The molecule has 2 aromatic rings. The number of aliphatic hydroxyl groups excluding tert-OH is 1. The van der Waals surface area contributed by atoms with Crippen molar-refractivity contribution < 1.29 is 39.4 Å². The number of ketones is 1. The first kappa shape index (κ1) is 26.0. The summed E-state index contributed by atoms with van der Waals surface area (Å²) in [6, 6.07) is 4.10. The number of fused-ring (bicyclic) bond motifs is 1. The van der Waals surface area contributed by atoms with E-state index in [1.165, 1.54) is 38.0 Å². The number of methoxy groups -OCH3 is 2. The van der Waals surface area contributed by atoms with Gasteiger partial charge in [-0.05, 0) is 52.2 Å². The smallest absolute Gasteiger partial charge is 0.202 e. The van der Waals surface area contributed by atoms with Gasteiger partial charge in [0.25, 0.3) is 0 Å². The first-order chi connectivity index (χ1) is 16.6. The van der Waals surface area contributed by atoms with Crippen molar-refractivity contribution in [1.82, 2.24) is 0 Å². The Balaban J connectivity index is 1.94. The lowest BCUT2D eigenvalue weighted by atomic mass is 9.90. The molecular weight excluding hydrogens is 452 g/mol. The molecule has 0 bridgehead atoms. The Morgan fingerprint density at radius 3 is 2.20 bits per heavy atom. The molecule has 0 fully saturated rings. The molecule has 1 aliphatic heterocycles. The molecule has 8 heteroatoms. The van der Waals surface area contributed by atoms with E-state index in [1.54, 1.807) is 0 Å². The predicted molar refractivity (Wildman–Crippen MR) is 131 cm³/mol. The second-order valence-electron chi connectivity index (χ2n) is 8.79. The van der Waals surface area contributed by atoms with Crippen LogP contribution in [0.4, 0.5) is 0 Å². The Hall–Kier alpha value is -3.65. The molecule has 8 nitrogen and oxygen atoms in total. The molecule has 4 N–H and O–H groups in total. The summed E-state index contributed by atoms with van der Waals surface area (Å²) in [5.41, 5.74) is 2.62. The predicted octanol–water partition coefficient (Wildman–Crippen LogP) is 4.73. The van der Waals surface area contributed by atoms with Crippen LogP contribution >= 0.6 is 0 Å². The maximum Gasteiger partial charge on any atom is 0.202 e. The van der Waals surface area contributed by atoms with Gasteiger partial charge in [-0.3, -0.25) is 4.79 Å². The highest BCUT2D eigenvalue weighted by Crippen LogP contribution is 2.47. The van der Waals surface area contributed by atoms with E-state index in [9.17, 15) is 25.2 Å². The summed E-state index contributed by atoms with van der Waals surface area (Å²) in [4.78, 5) is 13.1. The average Bonchev–Trinajstić information content (AvgIpc) is 2.81. The number of hydrogen-bond acceptors (Lipinski definition) is 8. The first-order valence-electron chi connectivity index (χ1n) is 11.3. The number of allylic oxidation sites excluding steroid dienone is 4. The molecule has 0 spiro atoms. The van der Waals surface area contributed by atoms with Crippen LogP contribution in [0.25, 0.3) is 0 Å². The van der Waals surface area contributed by atoms with E-state index < -0.39 is 23.7 Å². The fraction of sp³-hybridized carbons (Fsp3) is 0.370. The van der Waals surface area contributed by atoms with Crippen LogP contribution < -0.4 is 14.2 Å². The summed E-state index contributed by atoms with van der Waals surface area (Å²) in [6.45, 7) is 6.04. The molecule has 0 saturated carbocycles. The topological polar surface area (TPSA) is 126 Å². The van der Waals surface area contributed by atoms with Gasteiger partial charge in [-0.15, -0.1) is 0 Å². The molecule has 0 aromatic heterocycles. The molecule has 0 radical (unpaired) electrons. The van der Waals surface area contributed by atoms with Gasteiger partial charge in [-0.2, -0.15) is 0 Å². The summed E-state index contributed by atoms with van der Waals surface area (Å²) < 4.78 is 16.1. The third-order valence-corrected chi connectivity index (χ3v) is 5.98. The highest BCUT2D eigenvalue weighted by molar-refractivity contribution is 6.06. The van der Waals surface area contributed by atoms with Crippen LogP contribution in [0.2, 0.25) is 0 Å². The zero-order valence-corrected chi connectivity index (χ0v) is 20.6. The van der Waals surface area contributed by atoms with Gasteiger partial charge in [0.2, 0.25) is 11.5 Å². The van der Waals surface area contributed by atoms with Crippen LogP contribution in [0.3, 0.4) is 0 Å². The van der Waals surface area contributed by atoms with Crippen LogP contribution in [0.1, 0.15) is 61.2 Å². The van der Waals surface area contributed by atoms with Crippen molar-refractivity contribution in [3.05, 3.63) is 58.2 Å². The lowest BCUT2D eigenvalue weighted by Crippen LogP contribution is -2.36. The summed E-state index contributed by atoms with van der Waals surface area (Å²) in [5.74, 6) is -1.54. The highest BCUT2D eigenvalue weighted by atomic mass is 16.5. The third kappa shape index (κ3) is 5.38. The zero-order valence-electron chi connectivity index (χ0n) is 20.6. The lowest BCUT2D eigenvalue weighted by molar-refractivity contribution is 0.0208. The maximum atomic E-state index is 13.1. The first-order valence-corrected chi connectivity index (χ1v) is 11.3. The molecule has 188 valence electrons. The van der Waals surface area contributed by atoms with Crippen LogP contribution in [0.15, 0.2) is 41.5 Å². The summed E-state index contributed by atoms with van der Waals surface area (Å²) in [6.07, 6.45) is 3.14. The molecule has 1 heterocycles. The number of carbonyl (C=O) groups excluding carboxylic acids is 1. The SMILES string of the molecule is COc1cc(C2Oc3cc(O)c(C/C=C(\C)CCC=C(C)C)c(O)c3C(=O)C2O)cc(OC)c1O. The van der Waals surface area contributed by atoms with Crippen LogP contribution in [0, 0.1) is 0 Å². The van der Waals surface area contributed by atoms with Gasteiger partial charge < -0.3 is 34.6 Å². The molecule has 2 atom stereocenters. The second kappa shape index (κ2) is 10.7. The van der Waals surface area contributed by atoms with Crippen molar-refractivity contribution >= 4 is 5.78 Å². The molecule has 2 unspecified atom stereocenters. The minimum atomic E-state index is -1.65. The quantitative estimate of drug-likeness (QED) is 0.396. The molecule has 0 amide bonds. The minimum Gasteiger partial charge on any atom is -0.507 e. The molecule has 35 heavy (non-hydrogen) atoms. The van der Waals surface area contributed by atoms with E-state index in [4.69, 9.17) is 14.2 Å². The minimum absolute atomic E-state index is 0.0562. The van der Waals surface area contributed by atoms with Gasteiger partial charge in [-0.1, -0.05) is 23.3 Å². The number of rotatable bonds is 8. The third-order valence-electron chi connectivity index (χ3n) is 5.98. The highest BCUT2D eigenvalue weighted by Gasteiger charge is 2.40. The fourth-order valence-corrected chi connectivity index (χ4v) is 3.99. The number of phenolic OH excluding ortho intramolecular Hbond substituents is 3. The lowest BCUT2D eigenvalue weighted by Gasteiger charge is -2.31. The largest absolute Gasteiger partial charge is 0.507 e. The Morgan fingerprint density at radius 1 is 1.00 bits per heavy atom. The van der Waals surface area contributed by atoms with Crippen LogP contribution in [-0.4, -0.2) is 46.5 Å². The Morgan fingerprint density at radius 2 is 1.63 bits per heavy atom. The second-order valence-corrected chi connectivity index (χ2v) is 8.79. The zero-order chi connectivity index (χ0) is 25.9. The van der Waals surface area contributed by atoms with Gasteiger partial charge in [0, 0.05) is 17.2 Å². The van der Waals surface area contributed by atoms with Crippen LogP contribution in [0.5, 0.6) is 34.5 Å². The molecule has 0 saturated heterocycles. The van der Waals surface area contributed by atoms with Crippen LogP contribution in [-0.2, 0) is 6.42 Å². The molecule has 0 aliphatic carbocycles. The number of benzene rings is 2.